The molecule has 0 aromatic carbocycles. The Morgan fingerprint density at radius 1 is 1.44 bits per heavy atom. The molecule has 0 aromatic heterocycles. The lowest BCUT2D eigenvalue weighted by atomic mass is 9.98. The standard InChI is InChI=1S/C10H17O5P/c1-5-10(6-2,7-14-16(12)13)15-9(11)8(3)4/h3,5-7H2,1-2,4H3/p+1. The van der Waals surface area contributed by atoms with Gasteiger partial charge in [-0.15, -0.1) is 9.42 Å². The molecule has 0 amide bonds. The molecule has 0 saturated heterocycles. The molecule has 1 N–H and O–H groups in total. The van der Waals surface area contributed by atoms with E-state index in [2.05, 4.69) is 11.1 Å². The summed E-state index contributed by atoms with van der Waals surface area (Å²) in [7, 11) is -2.68. The van der Waals surface area contributed by atoms with Gasteiger partial charge in [0.15, 0.2) is 0 Å². The maximum atomic E-state index is 11.4. The molecule has 1 unspecified atom stereocenters. The van der Waals surface area contributed by atoms with Gasteiger partial charge in [0.2, 0.25) is 0 Å². The summed E-state index contributed by atoms with van der Waals surface area (Å²) < 4.78 is 20.3. The van der Waals surface area contributed by atoms with E-state index in [0.29, 0.717) is 18.4 Å². The van der Waals surface area contributed by atoms with Gasteiger partial charge in [-0.25, -0.2) is 4.79 Å². The molecule has 0 fully saturated rings. The van der Waals surface area contributed by atoms with Crippen LogP contribution in [0.2, 0.25) is 0 Å². The van der Waals surface area contributed by atoms with Crippen LogP contribution < -0.4 is 0 Å². The highest BCUT2D eigenvalue weighted by molar-refractivity contribution is 7.32. The predicted molar refractivity (Wildman–Crippen MR) is 60.0 cm³/mol. The van der Waals surface area contributed by atoms with E-state index in [1.165, 1.54) is 0 Å². The fourth-order valence-electron chi connectivity index (χ4n) is 1.08. The van der Waals surface area contributed by atoms with Crippen LogP contribution >= 0.6 is 8.25 Å². The smallest absolute Gasteiger partial charge is 0.453 e. The van der Waals surface area contributed by atoms with Gasteiger partial charge in [0.25, 0.3) is 0 Å². The predicted octanol–water partition coefficient (Wildman–Crippen LogP) is 2.33. The number of carbonyl (C=O) groups is 1. The largest absolute Gasteiger partial charge is 0.694 e. The first-order valence-corrected chi connectivity index (χ1v) is 6.17. The number of carbonyl (C=O) groups excluding carboxylic acids is 1. The molecule has 0 aromatic rings. The third kappa shape index (κ3) is 4.84. The zero-order valence-electron chi connectivity index (χ0n) is 9.86. The minimum atomic E-state index is -2.68. The first-order chi connectivity index (χ1) is 7.37. The molecule has 0 radical (unpaired) electrons. The topological polar surface area (TPSA) is 72.8 Å². The van der Waals surface area contributed by atoms with Gasteiger partial charge in [-0.05, 0) is 19.8 Å². The summed E-state index contributed by atoms with van der Waals surface area (Å²) in [6.45, 7) is 8.58. The van der Waals surface area contributed by atoms with E-state index >= 15 is 0 Å². The SMILES string of the molecule is C=C(C)C(=O)OC(CC)(CC)CO[P+](=O)O. The maximum Gasteiger partial charge on any atom is 0.694 e. The Morgan fingerprint density at radius 2 is 1.94 bits per heavy atom. The number of esters is 1. The monoisotopic (exact) mass is 249 g/mol. The van der Waals surface area contributed by atoms with Crippen LogP contribution in [0.3, 0.4) is 0 Å². The third-order valence-corrected chi connectivity index (χ3v) is 2.73. The van der Waals surface area contributed by atoms with Gasteiger partial charge in [0, 0.05) is 10.1 Å². The Bertz CT molecular complexity index is 283. The highest BCUT2D eigenvalue weighted by Gasteiger charge is 2.35. The molecule has 0 heterocycles. The Balaban J connectivity index is 4.61. The minimum Gasteiger partial charge on any atom is -0.453 e. The summed E-state index contributed by atoms with van der Waals surface area (Å²) in [6, 6.07) is 0. The van der Waals surface area contributed by atoms with Crippen LogP contribution in [-0.4, -0.2) is 23.1 Å². The molecule has 92 valence electrons. The van der Waals surface area contributed by atoms with Crippen molar-refractivity contribution in [2.75, 3.05) is 6.61 Å². The van der Waals surface area contributed by atoms with Gasteiger partial charge < -0.3 is 4.74 Å². The molecule has 6 heteroatoms. The first-order valence-electron chi connectivity index (χ1n) is 5.04. The highest BCUT2D eigenvalue weighted by atomic mass is 31.1. The van der Waals surface area contributed by atoms with E-state index in [1.807, 2.05) is 13.8 Å². The van der Waals surface area contributed by atoms with Crippen LogP contribution in [0.25, 0.3) is 0 Å². The van der Waals surface area contributed by atoms with Crippen molar-refractivity contribution < 1.29 is 23.5 Å². The van der Waals surface area contributed by atoms with E-state index in [-0.39, 0.29) is 6.61 Å². The summed E-state index contributed by atoms with van der Waals surface area (Å²) in [5.74, 6) is -0.513. The van der Waals surface area contributed by atoms with Crippen molar-refractivity contribution >= 4 is 14.2 Å². The zero-order chi connectivity index (χ0) is 12.8. The molecular formula is C10H18O5P+. The van der Waals surface area contributed by atoms with E-state index in [4.69, 9.17) is 9.63 Å². The molecule has 0 bridgehead atoms. The van der Waals surface area contributed by atoms with E-state index in [1.54, 1.807) is 6.92 Å². The second kappa shape index (κ2) is 6.74. The van der Waals surface area contributed by atoms with Crippen molar-refractivity contribution in [1.82, 2.24) is 0 Å². The molecule has 0 aliphatic carbocycles. The van der Waals surface area contributed by atoms with E-state index in [9.17, 15) is 9.36 Å². The third-order valence-electron chi connectivity index (χ3n) is 2.38. The van der Waals surface area contributed by atoms with Gasteiger partial charge in [-0.2, -0.15) is 0 Å². The Morgan fingerprint density at radius 3 is 2.25 bits per heavy atom. The van der Waals surface area contributed by atoms with Crippen LogP contribution in [0.5, 0.6) is 0 Å². The Hall–Kier alpha value is -0.770. The zero-order valence-corrected chi connectivity index (χ0v) is 10.8. The van der Waals surface area contributed by atoms with E-state index < -0.39 is 19.8 Å². The van der Waals surface area contributed by atoms with Crippen molar-refractivity contribution in [2.24, 2.45) is 0 Å². The summed E-state index contributed by atoms with van der Waals surface area (Å²) in [4.78, 5) is 20.0. The number of rotatable bonds is 7. The molecule has 0 saturated carbocycles. The lowest BCUT2D eigenvalue weighted by molar-refractivity contribution is -0.159. The molecule has 0 rings (SSSR count). The fourth-order valence-corrected chi connectivity index (χ4v) is 1.43. The second-order valence-electron chi connectivity index (χ2n) is 3.57. The quantitative estimate of drug-likeness (QED) is 0.426. The van der Waals surface area contributed by atoms with Gasteiger partial charge >= 0.3 is 14.2 Å². The molecule has 0 aliphatic rings. The fraction of sp³-hybridized carbons (Fsp3) is 0.700. The Labute approximate surface area is 96.4 Å². The van der Waals surface area contributed by atoms with Crippen molar-refractivity contribution in [3.63, 3.8) is 0 Å². The maximum absolute atomic E-state index is 11.4. The molecular weight excluding hydrogens is 231 g/mol. The summed E-state index contributed by atoms with van der Waals surface area (Å²) in [5, 5.41) is 0. The highest BCUT2D eigenvalue weighted by Crippen LogP contribution is 2.27. The van der Waals surface area contributed by atoms with Gasteiger partial charge in [-0.3, -0.25) is 0 Å². The van der Waals surface area contributed by atoms with Crippen LogP contribution in [0, 0.1) is 0 Å². The number of ether oxygens (including phenoxy) is 1. The van der Waals surface area contributed by atoms with Crippen molar-refractivity contribution in [1.29, 1.82) is 0 Å². The van der Waals surface area contributed by atoms with Crippen molar-refractivity contribution in [3.8, 4) is 0 Å². The summed E-state index contributed by atoms with van der Waals surface area (Å²) >= 11 is 0. The normalized spacial score (nSPS) is 12.1. The minimum absolute atomic E-state index is 0.0925. The molecule has 16 heavy (non-hydrogen) atoms. The second-order valence-corrected chi connectivity index (χ2v) is 4.31. The van der Waals surface area contributed by atoms with Crippen molar-refractivity contribution in [3.05, 3.63) is 12.2 Å². The van der Waals surface area contributed by atoms with Crippen LogP contribution in [-0.2, 0) is 18.6 Å². The molecule has 5 nitrogen and oxygen atoms in total. The molecule has 0 aliphatic heterocycles. The number of hydrogen-bond donors (Lipinski definition) is 1. The lowest BCUT2D eigenvalue weighted by Gasteiger charge is -2.28. The summed E-state index contributed by atoms with van der Waals surface area (Å²) in [6.07, 6.45) is 1.01. The van der Waals surface area contributed by atoms with Gasteiger partial charge in [0.1, 0.15) is 12.2 Å². The van der Waals surface area contributed by atoms with Crippen LogP contribution in [0.15, 0.2) is 12.2 Å². The molecule has 1 atom stereocenters. The van der Waals surface area contributed by atoms with Gasteiger partial charge in [-0.1, -0.05) is 20.4 Å². The van der Waals surface area contributed by atoms with Crippen LogP contribution in [0.1, 0.15) is 33.6 Å². The Kier molecular flexibility index (Phi) is 6.41. The van der Waals surface area contributed by atoms with Gasteiger partial charge in [0.05, 0.1) is 0 Å². The first kappa shape index (κ1) is 15.2. The average Bonchev–Trinajstić information content (AvgIpc) is 2.23. The summed E-state index contributed by atoms with van der Waals surface area (Å²) in [5.41, 5.74) is -0.566. The number of hydrogen-bond acceptors (Lipinski definition) is 4. The lowest BCUT2D eigenvalue weighted by Crippen LogP contribution is -2.38. The van der Waals surface area contributed by atoms with Crippen LogP contribution in [0.4, 0.5) is 0 Å². The van der Waals surface area contributed by atoms with E-state index in [0.717, 1.165) is 0 Å². The average molecular weight is 249 g/mol. The molecule has 0 spiro atoms. The van der Waals surface area contributed by atoms with Crippen molar-refractivity contribution in [2.45, 2.75) is 39.2 Å².